The zero-order valence-electron chi connectivity index (χ0n) is 4.87. The number of H-pyrrole nitrogens is 1. The van der Waals surface area contributed by atoms with E-state index in [-0.39, 0.29) is 0 Å². The van der Waals surface area contributed by atoms with E-state index < -0.39 is 0 Å². The summed E-state index contributed by atoms with van der Waals surface area (Å²) in [6, 6.07) is 0. The van der Waals surface area contributed by atoms with Crippen molar-refractivity contribution in [3.63, 3.8) is 0 Å². The molecule has 5 nitrogen and oxygen atoms in total. The van der Waals surface area contributed by atoms with Crippen molar-refractivity contribution >= 4 is 5.69 Å². The molecule has 0 aromatic carbocycles. The van der Waals surface area contributed by atoms with Crippen molar-refractivity contribution in [3.05, 3.63) is 17.3 Å². The van der Waals surface area contributed by atoms with Gasteiger partial charge in [0.2, 0.25) is 0 Å². The third-order valence-corrected chi connectivity index (χ3v) is 0.860. The van der Waals surface area contributed by atoms with Gasteiger partial charge in [-0.15, -0.1) is 0 Å². The molecule has 1 rings (SSSR count). The molecule has 0 spiro atoms. The maximum Gasteiger partial charge on any atom is 0.353 e. The average Bonchev–Trinajstić information content (AvgIpc) is 2.37. The predicted octanol–water partition coefficient (Wildman–Crippen LogP) is 0.381. The number of hydrogen-bond acceptors (Lipinski definition) is 3. The molecular formula is C4H6N3O2+. The Morgan fingerprint density at radius 1 is 1.89 bits per heavy atom. The second kappa shape index (κ2) is 2.25. The van der Waals surface area contributed by atoms with Gasteiger partial charge in [-0.3, -0.25) is 5.10 Å². The van der Waals surface area contributed by atoms with Gasteiger partial charge in [-0.1, -0.05) is 0 Å². The van der Waals surface area contributed by atoms with Crippen molar-refractivity contribution < 1.29 is 9.76 Å². The van der Waals surface area contributed by atoms with Crippen LogP contribution in [-0.4, -0.2) is 22.2 Å². The van der Waals surface area contributed by atoms with Gasteiger partial charge >= 0.3 is 5.69 Å². The lowest BCUT2D eigenvalue weighted by Crippen LogP contribution is -1.95. The molecule has 0 bridgehead atoms. The Labute approximate surface area is 51.2 Å². The number of rotatable bonds is 2. The Morgan fingerprint density at radius 2 is 2.67 bits per heavy atom. The van der Waals surface area contributed by atoms with Gasteiger partial charge < -0.3 is 0 Å². The summed E-state index contributed by atoms with van der Waals surface area (Å²) >= 11 is 0. The highest BCUT2D eigenvalue weighted by Crippen LogP contribution is 2.04. The standard InChI is InChI=1S/C4H6N3O2/c1-9-7(8)4-2-5-6-3-4/h2-3H,1H3,(H,5,6)/q+1. The van der Waals surface area contributed by atoms with Gasteiger partial charge in [0.15, 0.2) is 7.11 Å². The van der Waals surface area contributed by atoms with Crippen molar-refractivity contribution in [3.8, 4) is 0 Å². The Hall–Kier alpha value is -1.39. The molecule has 9 heavy (non-hydrogen) atoms. The summed E-state index contributed by atoms with van der Waals surface area (Å²) in [5.41, 5.74) is 0.359. The minimum atomic E-state index is 0.359. The van der Waals surface area contributed by atoms with E-state index in [1.165, 1.54) is 19.5 Å². The van der Waals surface area contributed by atoms with Gasteiger partial charge in [-0.2, -0.15) is 5.10 Å². The lowest BCUT2D eigenvalue weighted by molar-refractivity contribution is -0.736. The topological polar surface area (TPSA) is 58.0 Å². The highest BCUT2D eigenvalue weighted by molar-refractivity contribution is 5.18. The van der Waals surface area contributed by atoms with Crippen LogP contribution in [0.4, 0.5) is 5.69 Å². The summed E-state index contributed by atoms with van der Waals surface area (Å²) in [4.78, 5) is 15.2. The molecule has 0 amide bonds. The molecule has 0 aliphatic heterocycles. The maximum absolute atomic E-state index is 10.5. The molecule has 0 aliphatic rings. The molecule has 0 saturated heterocycles. The fourth-order valence-electron chi connectivity index (χ4n) is 0.449. The first-order valence-electron chi connectivity index (χ1n) is 2.34. The van der Waals surface area contributed by atoms with E-state index in [1.54, 1.807) is 0 Å². The van der Waals surface area contributed by atoms with Crippen molar-refractivity contribution in [1.82, 2.24) is 10.2 Å². The SMILES string of the molecule is CO[N+](=O)c1cn[nH]c1. The van der Waals surface area contributed by atoms with E-state index in [4.69, 9.17) is 0 Å². The second-order valence-corrected chi connectivity index (χ2v) is 1.40. The van der Waals surface area contributed by atoms with Crippen molar-refractivity contribution in [2.75, 3.05) is 7.11 Å². The molecule has 0 fully saturated rings. The normalized spacial score (nSPS) is 9.00. The third-order valence-electron chi connectivity index (χ3n) is 0.860. The Kier molecular flexibility index (Phi) is 1.44. The smallest absolute Gasteiger partial charge is 0.278 e. The van der Waals surface area contributed by atoms with Crippen LogP contribution in [0, 0.1) is 4.91 Å². The highest BCUT2D eigenvalue weighted by atomic mass is 16.8. The molecule has 0 unspecified atom stereocenters. The third kappa shape index (κ3) is 1.04. The van der Waals surface area contributed by atoms with Crippen LogP contribution in [0.5, 0.6) is 0 Å². The lowest BCUT2D eigenvalue weighted by Gasteiger charge is -1.77. The summed E-state index contributed by atoms with van der Waals surface area (Å²) in [6.07, 6.45) is 2.81. The molecule has 0 atom stereocenters. The van der Waals surface area contributed by atoms with Gasteiger partial charge in [-0.05, 0) is 0 Å². The molecular weight excluding hydrogens is 122 g/mol. The van der Waals surface area contributed by atoms with Crippen molar-refractivity contribution in [2.45, 2.75) is 0 Å². The van der Waals surface area contributed by atoms with Crippen LogP contribution in [0.2, 0.25) is 0 Å². The zero-order valence-corrected chi connectivity index (χ0v) is 4.87. The lowest BCUT2D eigenvalue weighted by atomic mass is 10.6. The number of nitrogens with one attached hydrogen (secondary N) is 1. The van der Waals surface area contributed by atoms with Crippen LogP contribution in [-0.2, 0) is 4.84 Å². The van der Waals surface area contributed by atoms with Gasteiger partial charge in [0.25, 0.3) is 4.92 Å². The van der Waals surface area contributed by atoms with Gasteiger partial charge in [0.1, 0.15) is 12.4 Å². The second-order valence-electron chi connectivity index (χ2n) is 1.40. The largest absolute Gasteiger partial charge is 0.353 e. The Morgan fingerprint density at radius 3 is 3.11 bits per heavy atom. The average molecular weight is 128 g/mol. The number of hydrogen-bond donors (Lipinski definition) is 1. The van der Waals surface area contributed by atoms with Crippen LogP contribution in [0.1, 0.15) is 0 Å². The fourth-order valence-corrected chi connectivity index (χ4v) is 0.449. The summed E-state index contributed by atoms with van der Waals surface area (Å²) in [5.74, 6) is 0. The molecule has 1 aromatic heterocycles. The number of aromatic amines is 1. The van der Waals surface area contributed by atoms with Gasteiger partial charge in [0.05, 0.1) is 4.91 Å². The molecule has 0 saturated carbocycles. The number of aromatic nitrogens is 2. The summed E-state index contributed by atoms with van der Waals surface area (Å²) in [5, 5.41) is 6.02. The molecule has 5 heteroatoms. The van der Waals surface area contributed by atoms with Crippen LogP contribution >= 0.6 is 0 Å². The van der Waals surface area contributed by atoms with Crippen molar-refractivity contribution in [1.29, 1.82) is 0 Å². The molecule has 48 valence electrons. The predicted molar refractivity (Wildman–Crippen MR) is 28.9 cm³/mol. The number of nitrogens with zero attached hydrogens (tertiary/aromatic N) is 2. The van der Waals surface area contributed by atoms with Gasteiger partial charge in [0, 0.05) is 0 Å². The quantitative estimate of drug-likeness (QED) is 0.586. The zero-order chi connectivity index (χ0) is 6.69. The van der Waals surface area contributed by atoms with Crippen molar-refractivity contribution in [2.24, 2.45) is 0 Å². The molecule has 0 aliphatic carbocycles. The monoisotopic (exact) mass is 128 g/mol. The van der Waals surface area contributed by atoms with E-state index in [2.05, 4.69) is 15.0 Å². The first kappa shape index (κ1) is 5.74. The molecule has 1 N–H and O–H groups in total. The summed E-state index contributed by atoms with van der Waals surface area (Å²) < 4.78 is 0. The first-order chi connectivity index (χ1) is 4.34. The van der Waals surface area contributed by atoms with Gasteiger partial charge in [-0.25, -0.2) is 4.84 Å². The van der Waals surface area contributed by atoms with Crippen LogP contribution in [0.15, 0.2) is 12.4 Å². The Bertz CT molecular complexity index is 194. The molecule has 1 aromatic rings. The van der Waals surface area contributed by atoms with E-state index in [0.29, 0.717) is 10.6 Å². The van der Waals surface area contributed by atoms with E-state index in [9.17, 15) is 4.91 Å². The molecule has 1 heterocycles. The minimum Gasteiger partial charge on any atom is -0.278 e. The van der Waals surface area contributed by atoms with Crippen LogP contribution in [0.25, 0.3) is 0 Å². The van der Waals surface area contributed by atoms with E-state index >= 15 is 0 Å². The van der Waals surface area contributed by atoms with E-state index in [1.807, 2.05) is 0 Å². The van der Waals surface area contributed by atoms with Crippen LogP contribution < -0.4 is 0 Å². The fraction of sp³-hybridized carbons (Fsp3) is 0.250. The van der Waals surface area contributed by atoms with Crippen LogP contribution in [0.3, 0.4) is 0 Å². The highest BCUT2D eigenvalue weighted by Gasteiger charge is 2.13. The summed E-state index contributed by atoms with van der Waals surface area (Å²) in [6.45, 7) is 0. The van der Waals surface area contributed by atoms with E-state index in [0.717, 1.165) is 0 Å². The minimum absolute atomic E-state index is 0.359. The first-order valence-corrected chi connectivity index (χ1v) is 2.34. The summed E-state index contributed by atoms with van der Waals surface area (Å²) in [7, 11) is 1.29. The Balaban J connectivity index is 2.77. The maximum atomic E-state index is 10.5. The molecule has 0 radical (unpaired) electrons.